The second-order valence-corrected chi connectivity index (χ2v) is 20.0. The van der Waals surface area contributed by atoms with Crippen LogP contribution in [0, 0.1) is 0 Å². The lowest BCUT2D eigenvalue weighted by atomic mass is 10.1. The molecular formula is C56H99NO8P+. The van der Waals surface area contributed by atoms with E-state index in [9.17, 15) is 19.0 Å². The monoisotopic (exact) mass is 945 g/mol. The van der Waals surface area contributed by atoms with E-state index < -0.39 is 26.5 Å². The summed E-state index contributed by atoms with van der Waals surface area (Å²) in [6.45, 7) is 4.28. The number of phosphoric acid groups is 1. The summed E-state index contributed by atoms with van der Waals surface area (Å²) in [5.74, 6) is -0.832. The SMILES string of the molecule is CC/C=C\C/C=C\C/C=C\C/C=C\C/C=C\C/C=C\CCCCCCC(=O)OC(COC(=O)CCCCCCCCCCC/C=C\CCCCCCCC)COP(=O)(O)OCC[N+](C)(C)C. The van der Waals surface area contributed by atoms with Gasteiger partial charge in [-0.1, -0.05) is 189 Å². The van der Waals surface area contributed by atoms with Gasteiger partial charge in [-0.2, -0.15) is 0 Å². The van der Waals surface area contributed by atoms with Crippen LogP contribution in [0.3, 0.4) is 0 Å². The number of phosphoric ester groups is 1. The van der Waals surface area contributed by atoms with E-state index in [0.29, 0.717) is 17.4 Å². The van der Waals surface area contributed by atoms with Crippen LogP contribution in [-0.4, -0.2) is 74.9 Å². The van der Waals surface area contributed by atoms with E-state index >= 15 is 0 Å². The number of quaternary nitrogens is 1. The third-order valence-corrected chi connectivity index (χ3v) is 11.9. The van der Waals surface area contributed by atoms with Gasteiger partial charge in [0, 0.05) is 12.8 Å². The van der Waals surface area contributed by atoms with Gasteiger partial charge < -0.3 is 18.9 Å². The summed E-state index contributed by atoms with van der Waals surface area (Å²) in [5.41, 5.74) is 0. The van der Waals surface area contributed by atoms with Crippen LogP contribution in [0.5, 0.6) is 0 Å². The highest BCUT2D eigenvalue weighted by atomic mass is 31.2. The van der Waals surface area contributed by atoms with E-state index in [1.54, 1.807) is 0 Å². The minimum Gasteiger partial charge on any atom is -0.462 e. The second kappa shape index (κ2) is 47.3. The standard InChI is InChI=1S/C56H98NO8P/c1-6-8-10-12-14-16-18-20-22-24-26-27-28-29-31-33-35-37-39-41-43-45-47-49-56(59)65-54(53-64-66(60,61)63-51-50-57(3,4)5)52-62-55(58)48-46-44-42-40-38-36-34-32-30-25-23-21-19-17-15-13-11-9-7-2/h8,10,14,16,20-23,26-27,29,31,35,37,54H,6-7,9,11-13,15,17-19,24-25,28,30,32-34,36,38-53H2,1-5H3/p+1/b10-8-,16-14-,22-20-,23-21-,27-26-,31-29-,37-35-. The van der Waals surface area contributed by atoms with E-state index in [2.05, 4.69) is 98.9 Å². The van der Waals surface area contributed by atoms with Crippen molar-refractivity contribution in [1.82, 2.24) is 0 Å². The van der Waals surface area contributed by atoms with Crippen LogP contribution in [0.1, 0.15) is 206 Å². The van der Waals surface area contributed by atoms with Gasteiger partial charge >= 0.3 is 19.8 Å². The fraction of sp³-hybridized carbons (Fsp3) is 0.714. The van der Waals surface area contributed by atoms with Crippen molar-refractivity contribution in [3.63, 3.8) is 0 Å². The Kier molecular flexibility index (Phi) is 45.3. The van der Waals surface area contributed by atoms with Crippen LogP contribution in [0.15, 0.2) is 85.1 Å². The van der Waals surface area contributed by atoms with Gasteiger partial charge in [-0.15, -0.1) is 0 Å². The molecule has 0 aliphatic heterocycles. The molecule has 380 valence electrons. The van der Waals surface area contributed by atoms with Crippen molar-refractivity contribution >= 4 is 19.8 Å². The lowest BCUT2D eigenvalue weighted by Crippen LogP contribution is -2.37. The summed E-state index contributed by atoms with van der Waals surface area (Å²) in [5, 5.41) is 0. The van der Waals surface area contributed by atoms with E-state index in [4.69, 9.17) is 18.5 Å². The minimum atomic E-state index is -4.40. The first-order chi connectivity index (χ1) is 32.0. The molecule has 0 aliphatic rings. The van der Waals surface area contributed by atoms with Crippen LogP contribution < -0.4 is 0 Å². The molecule has 0 aromatic rings. The van der Waals surface area contributed by atoms with E-state index in [1.807, 2.05) is 21.1 Å². The zero-order chi connectivity index (χ0) is 48.5. The summed E-state index contributed by atoms with van der Waals surface area (Å²) in [6, 6.07) is 0. The van der Waals surface area contributed by atoms with Crippen molar-refractivity contribution in [3.05, 3.63) is 85.1 Å². The maximum Gasteiger partial charge on any atom is 0.472 e. The molecule has 0 saturated heterocycles. The fourth-order valence-electron chi connectivity index (χ4n) is 6.84. The number of allylic oxidation sites excluding steroid dienone is 14. The molecule has 0 amide bonds. The molecule has 0 bridgehead atoms. The van der Waals surface area contributed by atoms with Crippen molar-refractivity contribution < 1.29 is 42.1 Å². The van der Waals surface area contributed by atoms with Crippen molar-refractivity contribution in [2.45, 2.75) is 213 Å². The summed E-state index contributed by atoms with van der Waals surface area (Å²) < 4.78 is 34.5. The normalized spacial score (nSPS) is 14.1. The number of unbranched alkanes of at least 4 members (excludes halogenated alkanes) is 19. The number of carbonyl (C=O) groups excluding carboxylic acids is 2. The number of rotatable bonds is 47. The topological polar surface area (TPSA) is 108 Å². The number of esters is 2. The Labute approximate surface area is 405 Å². The van der Waals surface area contributed by atoms with Gasteiger partial charge in [0.25, 0.3) is 0 Å². The molecule has 0 rings (SSSR count). The highest BCUT2D eigenvalue weighted by Crippen LogP contribution is 2.43. The van der Waals surface area contributed by atoms with Crippen LogP contribution in [0.25, 0.3) is 0 Å². The number of likely N-dealkylation sites (N-methyl/N-ethyl adjacent to an activating group) is 1. The van der Waals surface area contributed by atoms with Crippen LogP contribution >= 0.6 is 7.82 Å². The van der Waals surface area contributed by atoms with E-state index in [1.165, 1.54) is 89.9 Å². The third-order valence-electron chi connectivity index (χ3n) is 10.9. The molecule has 1 N–H and O–H groups in total. The Bertz CT molecular complexity index is 1390. The lowest BCUT2D eigenvalue weighted by Gasteiger charge is -2.24. The molecule has 0 saturated carbocycles. The first kappa shape index (κ1) is 63.2. The molecule has 0 radical (unpaired) electrons. The maximum atomic E-state index is 12.8. The maximum absolute atomic E-state index is 12.8. The number of hydrogen-bond donors (Lipinski definition) is 1. The Morgan fingerprint density at radius 2 is 0.864 bits per heavy atom. The van der Waals surface area contributed by atoms with E-state index in [0.717, 1.165) is 83.5 Å². The molecule has 0 spiro atoms. The number of ether oxygens (including phenoxy) is 2. The molecular weight excluding hydrogens is 846 g/mol. The quantitative estimate of drug-likeness (QED) is 0.0211. The van der Waals surface area contributed by atoms with Crippen molar-refractivity contribution in [2.75, 3.05) is 47.5 Å². The highest BCUT2D eigenvalue weighted by Gasteiger charge is 2.27. The van der Waals surface area contributed by atoms with Crippen LogP contribution in [0.4, 0.5) is 0 Å². The first-order valence-electron chi connectivity index (χ1n) is 26.3. The van der Waals surface area contributed by atoms with Crippen molar-refractivity contribution in [2.24, 2.45) is 0 Å². The Morgan fingerprint density at radius 1 is 0.485 bits per heavy atom. The fourth-order valence-corrected chi connectivity index (χ4v) is 7.58. The van der Waals surface area contributed by atoms with Crippen LogP contribution in [0.2, 0.25) is 0 Å². The molecule has 0 aliphatic carbocycles. The van der Waals surface area contributed by atoms with Gasteiger partial charge in [0.05, 0.1) is 27.7 Å². The van der Waals surface area contributed by atoms with Gasteiger partial charge in [0.15, 0.2) is 6.10 Å². The molecule has 9 nitrogen and oxygen atoms in total. The van der Waals surface area contributed by atoms with Gasteiger partial charge in [0.1, 0.15) is 19.8 Å². The Morgan fingerprint density at radius 3 is 1.30 bits per heavy atom. The number of nitrogens with zero attached hydrogens (tertiary/aromatic N) is 1. The van der Waals surface area contributed by atoms with Gasteiger partial charge in [-0.3, -0.25) is 18.6 Å². The lowest BCUT2D eigenvalue weighted by molar-refractivity contribution is -0.870. The Hall–Kier alpha value is -2.81. The molecule has 10 heteroatoms. The van der Waals surface area contributed by atoms with E-state index in [-0.39, 0.29) is 32.0 Å². The van der Waals surface area contributed by atoms with Crippen molar-refractivity contribution in [1.29, 1.82) is 0 Å². The molecule has 2 atom stereocenters. The van der Waals surface area contributed by atoms with Gasteiger partial charge in [-0.25, -0.2) is 4.57 Å². The van der Waals surface area contributed by atoms with Gasteiger partial charge in [0.2, 0.25) is 0 Å². The molecule has 0 aromatic heterocycles. The molecule has 66 heavy (non-hydrogen) atoms. The number of carbonyl (C=O) groups is 2. The molecule has 0 heterocycles. The molecule has 2 unspecified atom stereocenters. The Balaban J connectivity index is 4.32. The first-order valence-corrected chi connectivity index (χ1v) is 27.8. The summed E-state index contributed by atoms with van der Waals surface area (Å²) in [6.07, 6.45) is 62.0. The highest BCUT2D eigenvalue weighted by molar-refractivity contribution is 7.47. The largest absolute Gasteiger partial charge is 0.472 e. The molecule has 0 aromatic carbocycles. The molecule has 0 fully saturated rings. The minimum absolute atomic E-state index is 0.0219. The average molecular weight is 945 g/mol. The predicted molar refractivity (Wildman–Crippen MR) is 279 cm³/mol. The van der Waals surface area contributed by atoms with Gasteiger partial charge in [-0.05, 0) is 89.9 Å². The van der Waals surface area contributed by atoms with Crippen molar-refractivity contribution in [3.8, 4) is 0 Å². The van der Waals surface area contributed by atoms with Crippen LogP contribution in [-0.2, 0) is 32.7 Å². The zero-order valence-electron chi connectivity index (χ0n) is 42.9. The average Bonchev–Trinajstić information content (AvgIpc) is 3.27. The number of hydrogen-bond acceptors (Lipinski definition) is 7. The summed E-state index contributed by atoms with van der Waals surface area (Å²) in [7, 11) is 1.45. The zero-order valence-corrected chi connectivity index (χ0v) is 43.8. The smallest absolute Gasteiger partial charge is 0.462 e. The summed E-state index contributed by atoms with van der Waals surface area (Å²) in [4.78, 5) is 35.6. The predicted octanol–water partition coefficient (Wildman–Crippen LogP) is 15.9. The third kappa shape index (κ3) is 50.6. The summed E-state index contributed by atoms with van der Waals surface area (Å²) >= 11 is 0. The second-order valence-electron chi connectivity index (χ2n) is 18.5.